The van der Waals surface area contributed by atoms with Gasteiger partial charge in [-0.3, -0.25) is 0 Å². The van der Waals surface area contributed by atoms with Crippen LogP contribution in [0.3, 0.4) is 0 Å². The molecule has 84 valence electrons. The van der Waals surface area contributed by atoms with Crippen molar-refractivity contribution in [2.75, 3.05) is 0 Å². The van der Waals surface area contributed by atoms with Crippen molar-refractivity contribution in [3.05, 3.63) is 54.6 Å². The molecular formula is C15H18O. The van der Waals surface area contributed by atoms with E-state index in [0.717, 1.165) is 25.0 Å². The lowest BCUT2D eigenvalue weighted by Gasteiger charge is -2.35. The number of aryl methyl sites for hydroxylation is 1. The van der Waals surface area contributed by atoms with Crippen LogP contribution in [0, 0.1) is 0 Å². The number of rotatable bonds is 3. The Bertz CT molecular complexity index is 406. The van der Waals surface area contributed by atoms with Crippen LogP contribution in [0.5, 0.6) is 5.75 Å². The molecule has 1 aliphatic heterocycles. The second-order valence-corrected chi connectivity index (χ2v) is 4.22. The Balaban J connectivity index is 2.28. The van der Waals surface area contributed by atoms with Gasteiger partial charge in [-0.2, -0.15) is 0 Å². The third-order valence-corrected chi connectivity index (χ3v) is 3.24. The van der Waals surface area contributed by atoms with Crippen LogP contribution in [0.2, 0.25) is 0 Å². The van der Waals surface area contributed by atoms with Gasteiger partial charge in [-0.1, -0.05) is 43.9 Å². The summed E-state index contributed by atoms with van der Waals surface area (Å²) in [5, 5.41) is 0. The molecule has 2 rings (SSSR count). The summed E-state index contributed by atoms with van der Waals surface area (Å²) in [6.45, 7) is 5.88. The van der Waals surface area contributed by atoms with Crippen molar-refractivity contribution >= 4 is 0 Å². The Morgan fingerprint density at radius 3 is 3.00 bits per heavy atom. The molecular weight excluding hydrogens is 196 g/mol. The number of ether oxygens (including phenoxy) is 1. The molecule has 0 bridgehead atoms. The predicted octanol–water partition coefficient (Wildman–Crippen LogP) is 3.90. The van der Waals surface area contributed by atoms with Crippen LogP contribution in [0.25, 0.3) is 0 Å². The van der Waals surface area contributed by atoms with Gasteiger partial charge >= 0.3 is 0 Å². The van der Waals surface area contributed by atoms with E-state index in [4.69, 9.17) is 4.74 Å². The minimum absolute atomic E-state index is 0.136. The quantitative estimate of drug-likeness (QED) is 0.693. The van der Waals surface area contributed by atoms with Crippen molar-refractivity contribution in [1.29, 1.82) is 0 Å². The first-order valence-corrected chi connectivity index (χ1v) is 5.87. The summed E-state index contributed by atoms with van der Waals surface area (Å²) < 4.78 is 6.14. The Hall–Kier alpha value is -1.50. The van der Waals surface area contributed by atoms with Crippen LogP contribution in [-0.4, -0.2) is 5.60 Å². The highest BCUT2D eigenvalue weighted by Gasteiger charge is 2.31. The van der Waals surface area contributed by atoms with Crippen LogP contribution in [0.15, 0.2) is 49.1 Å². The van der Waals surface area contributed by atoms with Crippen LogP contribution in [-0.2, 0) is 6.42 Å². The lowest BCUT2D eigenvalue weighted by molar-refractivity contribution is 0.0907. The molecule has 16 heavy (non-hydrogen) atoms. The predicted molar refractivity (Wildman–Crippen MR) is 67.8 cm³/mol. The van der Waals surface area contributed by atoms with E-state index in [1.807, 2.05) is 12.1 Å². The molecule has 0 saturated heterocycles. The Kier molecular flexibility index (Phi) is 3.14. The monoisotopic (exact) mass is 214 g/mol. The van der Waals surface area contributed by atoms with Gasteiger partial charge in [0.25, 0.3) is 0 Å². The van der Waals surface area contributed by atoms with Crippen molar-refractivity contribution in [1.82, 2.24) is 0 Å². The van der Waals surface area contributed by atoms with Gasteiger partial charge in [0.1, 0.15) is 11.4 Å². The van der Waals surface area contributed by atoms with E-state index in [1.54, 1.807) is 6.08 Å². The molecule has 1 heterocycles. The smallest absolute Gasteiger partial charge is 0.127 e. The minimum atomic E-state index is -0.136. The molecule has 0 fully saturated rings. The number of hydrogen-bond acceptors (Lipinski definition) is 1. The van der Waals surface area contributed by atoms with E-state index in [-0.39, 0.29) is 5.60 Å². The normalized spacial score (nSPS) is 23.8. The van der Waals surface area contributed by atoms with Gasteiger partial charge in [0.2, 0.25) is 0 Å². The number of allylic oxidation sites excluding steroid dienone is 2. The molecule has 0 radical (unpaired) electrons. The molecule has 1 aromatic carbocycles. The molecule has 1 aromatic rings. The molecule has 0 unspecified atom stereocenters. The molecule has 1 nitrogen and oxygen atoms in total. The van der Waals surface area contributed by atoms with Crippen molar-refractivity contribution in [3.63, 3.8) is 0 Å². The third kappa shape index (κ3) is 2.04. The first-order valence-electron chi connectivity index (χ1n) is 5.87. The highest BCUT2D eigenvalue weighted by Crippen LogP contribution is 2.35. The Labute approximate surface area is 97.4 Å². The fraction of sp³-hybridized carbons (Fsp3) is 0.333. The lowest BCUT2D eigenvalue weighted by atomic mass is 9.88. The Morgan fingerprint density at radius 2 is 2.25 bits per heavy atom. The average molecular weight is 214 g/mol. The number of fused-ring (bicyclic) bond motifs is 1. The van der Waals surface area contributed by atoms with E-state index in [2.05, 4.69) is 37.8 Å². The summed E-state index contributed by atoms with van der Waals surface area (Å²) in [7, 11) is 0. The summed E-state index contributed by atoms with van der Waals surface area (Å²) >= 11 is 0. The van der Waals surface area contributed by atoms with Gasteiger partial charge in [-0.25, -0.2) is 0 Å². The van der Waals surface area contributed by atoms with Crippen molar-refractivity contribution in [2.24, 2.45) is 0 Å². The van der Waals surface area contributed by atoms with Gasteiger partial charge in [-0.05, 0) is 37.0 Å². The largest absolute Gasteiger partial charge is 0.483 e. The maximum atomic E-state index is 6.14. The average Bonchev–Trinajstić information content (AvgIpc) is 2.36. The maximum absolute atomic E-state index is 6.14. The van der Waals surface area contributed by atoms with Crippen LogP contribution >= 0.6 is 0 Å². The van der Waals surface area contributed by atoms with Crippen molar-refractivity contribution < 1.29 is 4.74 Å². The van der Waals surface area contributed by atoms with Crippen molar-refractivity contribution in [2.45, 2.75) is 31.8 Å². The molecule has 0 aromatic heterocycles. The van der Waals surface area contributed by atoms with Crippen molar-refractivity contribution in [3.8, 4) is 5.75 Å². The summed E-state index contributed by atoms with van der Waals surface area (Å²) in [6.07, 6.45) is 9.05. The minimum Gasteiger partial charge on any atom is -0.483 e. The molecule has 0 aliphatic carbocycles. The van der Waals surface area contributed by atoms with E-state index < -0.39 is 0 Å². The summed E-state index contributed by atoms with van der Waals surface area (Å²) in [6, 6.07) is 8.30. The molecule has 1 heteroatoms. The summed E-state index contributed by atoms with van der Waals surface area (Å²) in [5.74, 6) is 1.03. The molecule has 0 N–H and O–H groups in total. The van der Waals surface area contributed by atoms with Gasteiger partial charge < -0.3 is 4.74 Å². The van der Waals surface area contributed by atoms with Gasteiger partial charge in [0.05, 0.1) is 0 Å². The Morgan fingerprint density at radius 1 is 1.44 bits per heavy atom. The zero-order valence-corrected chi connectivity index (χ0v) is 9.78. The molecule has 1 aliphatic rings. The number of para-hydroxylation sites is 1. The first-order chi connectivity index (χ1) is 7.79. The second-order valence-electron chi connectivity index (χ2n) is 4.22. The highest BCUT2D eigenvalue weighted by atomic mass is 16.5. The second kappa shape index (κ2) is 4.56. The summed E-state index contributed by atoms with van der Waals surface area (Å²) in [4.78, 5) is 0. The lowest BCUT2D eigenvalue weighted by Crippen LogP contribution is -2.36. The summed E-state index contributed by atoms with van der Waals surface area (Å²) in [5.41, 5.74) is 1.18. The van der Waals surface area contributed by atoms with Crippen LogP contribution in [0.4, 0.5) is 0 Å². The third-order valence-electron chi connectivity index (χ3n) is 3.24. The molecule has 1 atom stereocenters. The van der Waals surface area contributed by atoms with E-state index in [1.165, 1.54) is 5.56 Å². The van der Waals surface area contributed by atoms with E-state index >= 15 is 0 Å². The van der Waals surface area contributed by atoms with Crippen LogP contribution < -0.4 is 4.74 Å². The fourth-order valence-electron chi connectivity index (χ4n) is 2.15. The van der Waals surface area contributed by atoms with E-state index in [9.17, 15) is 0 Å². The van der Waals surface area contributed by atoms with Crippen LogP contribution in [0.1, 0.15) is 25.3 Å². The maximum Gasteiger partial charge on any atom is 0.127 e. The molecule has 0 saturated carbocycles. The fourth-order valence-corrected chi connectivity index (χ4v) is 2.15. The standard InChI is InChI=1S/C15H18O/c1-3-5-11-15(4-2)12-10-13-8-6-7-9-14(13)16-15/h3,5-9,11H,1,4,10,12H2,2H3/b11-5+/t15-/m1/s1. The number of benzene rings is 1. The number of hydrogen-bond donors (Lipinski definition) is 0. The van der Waals surface area contributed by atoms with Gasteiger partial charge in [-0.15, -0.1) is 0 Å². The van der Waals surface area contributed by atoms with Gasteiger partial charge in [0, 0.05) is 0 Å². The topological polar surface area (TPSA) is 9.23 Å². The highest BCUT2D eigenvalue weighted by molar-refractivity contribution is 5.37. The zero-order valence-electron chi connectivity index (χ0n) is 9.78. The molecule has 0 spiro atoms. The zero-order chi connectivity index (χ0) is 11.4. The first kappa shape index (κ1) is 11.0. The van der Waals surface area contributed by atoms with Gasteiger partial charge in [0.15, 0.2) is 0 Å². The van der Waals surface area contributed by atoms with E-state index in [0.29, 0.717) is 0 Å². The molecule has 0 amide bonds. The SMILES string of the molecule is C=C/C=C/[C@]1(CC)CCc2ccccc2O1.